The molecule has 1 aromatic heterocycles. The molecule has 2 aromatic rings. The van der Waals surface area contributed by atoms with E-state index in [4.69, 9.17) is 9.72 Å². The molecular formula is C19H26N4O. The van der Waals surface area contributed by atoms with Crippen molar-refractivity contribution in [1.82, 2.24) is 15.3 Å². The van der Waals surface area contributed by atoms with Crippen molar-refractivity contribution < 1.29 is 4.74 Å². The van der Waals surface area contributed by atoms with Crippen molar-refractivity contribution in [2.24, 2.45) is 0 Å². The van der Waals surface area contributed by atoms with E-state index in [1.54, 1.807) is 0 Å². The predicted octanol–water partition coefficient (Wildman–Crippen LogP) is 3.51. The molecule has 0 radical (unpaired) electrons. The maximum absolute atomic E-state index is 6.00. The molecule has 5 nitrogen and oxygen atoms in total. The number of anilines is 1. The van der Waals surface area contributed by atoms with Crippen molar-refractivity contribution in [3.05, 3.63) is 24.3 Å². The first-order valence-electron chi connectivity index (χ1n) is 9.28. The van der Waals surface area contributed by atoms with Gasteiger partial charge in [-0.25, -0.2) is 9.97 Å². The maximum Gasteiger partial charge on any atom is 0.258 e. The third kappa shape index (κ3) is 3.96. The van der Waals surface area contributed by atoms with Crippen molar-refractivity contribution in [1.29, 1.82) is 0 Å². The molecule has 1 saturated heterocycles. The van der Waals surface area contributed by atoms with Gasteiger partial charge in [0.05, 0.1) is 17.6 Å². The summed E-state index contributed by atoms with van der Waals surface area (Å²) in [7, 11) is 0. The van der Waals surface area contributed by atoms with Crippen LogP contribution in [0.5, 0.6) is 5.88 Å². The van der Waals surface area contributed by atoms with Crippen LogP contribution in [0.15, 0.2) is 24.3 Å². The standard InChI is InChI=1S/C19H26N4O/c1-2-9-17-16(8-1)22-18(21-15-10-11-15)19(23-17)24-13-5-7-14-6-3-4-12-20-14/h1-2,8-9,14-15,20H,3-7,10-13H2,(H,21,22). The molecule has 2 aliphatic rings. The second kappa shape index (κ2) is 7.34. The number of ether oxygens (including phenoxy) is 1. The Labute approximate surface area is 143 Å². The molecule has 2 fully saturated rings. The first kappa shape index (κ1) is 15.6. The summed E-state index contributed by atoms with van der Waals surface area (Å²) in [6, 6.07) is 9.17. The highest BCUT2D eigenvalue weighted by Crippen LogP contribution is 2.30. The van der Waals surface area contributed by atoms with Crippen LogP contribution in [0.1, 0.15) is 44.9 Å². The fraction of sp³-hybridized carbons (Fsp3) is 0.579. The van der Waals surface area contributed by atoms with Crippen LogP contribution in [0.3, 0.4) is 0 Å². The van der Waals surface area contributed by atoms with E-state index in [1.807, 2.05) is 24.3 Å². The lowest BCUT2D eigenvalue weighted by molar-refractivity contribution is 0.278. The number of fused-ring (bicyclic) bond motifs is 1. The van der Waals surface area contributed by atoms with E-state index in [1.165, 1.54) is 38.5 Å². The molecule has 1 aromatic carbocycles. The highest BCUT2D eigenvalue weighted by atomic mass is 16.5. The zero-order chi connectivity index (χ0) is 16.2. The first-order valence-corrected chi connectivity index (χ1v) is 9.28. The van der Waals surface area contributed by atoms with Gasteiger partial charge in [0.2, 0.25) is 0 Å². The van der Waals surface area contributed by atoms with E-state index in [2.05, 4.69) is 15.6 Å². The van der Waals surface area contributed by atoms with E-state index in [9.17, 15) is 0 Å². The predicted molar refractivity (Wildman–Crippen MR) is 96.6 cm³/mol. The molecule has 2 heterocycles. The molecule has 4 rings (SSSR count). The van der Waals surface area contributed by atoms with Crippen LogP contribution in [-0.4, -0.2) is 35.2 Å². The number of hydrogen-bond acceptors (Lipinski definition) is 5. The number of nitrogens with one attached hydrogen (secondary N) is 2. The zero-order valence-electron chi connectivity index (χ0n) is 14.1. The van der Waals surface area contributed by atoms with E-state index in [0.29, 0.717) is 24.6 Å². The van der Waals surface area contributed by atoms with E-state index < -0.39 is 0 Å². The monoisotopic (exact) mass is 326 g/mol. The highest BCUT2D eigenvalue weighted by Gasteiger charge is 2.24. The number of para-hydroxylation sites is 2. The second-order valence-corrected chi connectivity index (χ2v) is 6.92. The molecule has 1 aliphatic heterocycles. The molecule has 1 saturated carbocycles. The Hall–Kier alpha value is -1.88. The summed E-state index contributed by atoms with van der Waals surface area (Å²) in [6.45, 7) is 1.86. The Balaban J connectivity index is 1.39. The minimum absolute atomic E-state index is 0.536. The Morgan fingerprint density at radius 2 is 1.92 bits per heavy atom. The molecule has 0 spiro atoms. The third-order valence-corrected chi connectivity index (χ3v) is 4.80. The van der Waals surface area contributed by atoms with Crippen LogP contribution < -0.4 is 15.4 Å². The molecule has 128 valence electrons. The fourth-order valence-electron chi connectivity index (χ4n) is 3.27. The number of rotatable bonds is 7. The largest absolute Gasteiger partial charge is 0.475 e. The van der Waals surface area contributed by atoms with Gasteiger partial charge < -0.3 is 15.4 Å². The summed E-state index contributed by atoms with van der Waals surface area (Å²) < 4.78 is 6.00. The van der Waals surface area contributed by atoms with Gasteiger partial charge in [-0.2, -0.15) is 0 Å². The molecule has 2 N–H and O–H groups in total. The number of hydrogen-bond donors (Lipinski definition) is 2. The summed E-state index contributed by atoms with van der Waals surface area (Å²) in [6.07, 6.45) is 8.61. The normalized spacial score (nSPS) is 20.9. The van der Waals surface area contributed by atoms with Gasteiger partial charge in [0, 0.05) is 12.1 Å². The summed E-state index contributed by atoms with van der Waals surface area (Å²) in [4.78, 5) is 9.39. The Morgan fingerprint density at radius 1 is 1.08 bits per heavy atom. The third-order valence-electron chi connectivity index (χ3n) is 4.80. The molecule has 1 unspecified atom stereocenters. The Morgan fingerprint density at radius 3 is 2.67 bits per heavy atom. The van der Waals surface area contributed by atoms with Gasteiger partial charge in [0.1, 0.15) is 0 Å². The smallest absolute Gasteiger partial charge is 0.258 e. The minimum Gasteiger partial charge on any atom is -0.475 e. The van der Waals surface area contributed by atoms with Crippen LogP contribution in [0.2, 0.25) is 0 Å². The zero-order valence-corrected chi connectivity index (χ0v) is 14.1. The summed E-state index contributed by atoms with van der Waals surface area (Å²) >= 11 is 0. The van der Waals surface area contributed by atoms with Gasteiger partial charge in [-0.1, -0.05) is 18.6 Å². The summed E-state index contributed by atoms with van der Waals surface area (Å²) in [5.74, 6) is 1.45. The average molecular weight is 326 g/mol. The van der Waals surface area contributed by atoms with Crippen molar-refractivity contribution in [2.45, 2.75) is 57.0 Å². The number of benzene rings is 1. The number of piperidine rings is 1. The Bertz CT molecular complexity index is 680. The minimum atomic E-state index is 0.536. The quantitative estimate of drug-likeness (QED) is 0.763. The van der Waals surface area contributed by atoms with Crippen LogP contribution in [0.4, 0.5) is 5.82 Å². The Kier molecular flexibility index (Phi) is 4.78. The maximum atomic E-state index is 6.00. The molecule has 24 heavy (non-hydrogen) atoms. The average Bonchev–Trinajstić information content (AvgIpc) is 3.44. The molecular weight excluding hydrogens is 300 g/mol. The number of nitrogens with zero attached hydrogens (tertiary/aromatic N) is 2. The summed E-state index contributed by atoms with van der Waals surface area (Å²) in [5, 5.41) is 7.05. The van der Waals surface area contributed by atoms with E-state index >= 15 is 0 Å². The fourth-order valence-corrected chi connectivity index (χ4v) is 3.27. The lowest BCUT2D eigenvalue weighted by atomic mass is 10.0. The lowest BCUT2D eigenvalue weighted by Gasteiger charge is -2.23. The van der Waals surface area contributed by atoms with Gasteiger partial charge in [-0.05, 0) is 57.2 Å². The van der Waals surface area contributed by atoms with Crippen LogP contribution in [0.25, 0.3) is 11.0 Å². The number of aromatic nitrogens is 2. The van der Waals surface area contributed by atoms with Crippen LogP contribution >= 0.6 is 0 Å². The van der Waals surface area contributed by atoms with Gasteiger partial charge in [-0.15, -0.1) is 0 Å². The van der Waals surface area contributed by atoms with Gasteiger partial charge in [0.15, 0.2) is 5.82 Å². The van der Waals surface area contributed by atoms with E-state index in [-0.39, 0.29) is 0 Å². The SMILES string of the molecule is c1ccc2nc(OCCCC3CCCCN3)c(NC3CC3)nc2c1. The van der Waals surface area contributed by atoms with Gasteiger partial charge in [0.25, 0.3) is 5.88 Å². The summed E-state index contributed by atoms with van der Waals surface area (Å²) in [5.41, 5.74) is 1.81. The van der Waals surface area contributed by atoms with Crippen molar-refractivity contribution in [3.63, 3.8) is 0 Å². The lowest BCUT2D eigenvalue weighted by Crippen LogP contribution is -2.34. The highest BCUT2D eigenvalue weighted by molar-refractivity contribution is 5.77. The molecule has 1 aliphatic carbocycles. The second-order valence-electron chi connectivity index (χ2n) is 6.92. The van der Waals surface area contributed by atoms with Crippen LogP contribution in [-0.2, 0) is 0 Å². The van der Waals surface area contributed by atoms with Crippen molar-refractivity contribution >= 4 is 16.9 Å². The molecule has 0 amide bonds. The van der Waals surface area contributed by atoms with Crippen molar-refractivity contribution in [2.75, 3.05) is 18.5 Å². The van der Waals surface area contributed by atoms with E-state index in [0.717, 1.165) is 29.8 Å². The molecule has 1 atom stereocenters. The van der Waals surface area contributed by atoms with Crippen molar-refractivity contribution in [3.8, 4) is 5.88 Å². The molecule has 5 heteroatoms. The first-order chi connectivity index (χ1) is 11.9. The van der Waals surface area contributed by atoms with Gasteiger partial charge in [-0.3, -0.25) is 0 Å². The molecule has 0 bridgehead atoms. The topological polar surface area (TPSA) is 59.1 Å². The van der Waals surface area contributed by atoms with Crippen LogP contribution in [0, 0.1) is 0 Å². The van der Waals surface area contributed by atoms with Gasteiger partial charge >= 0.3 is 0 Å².